The molecular formula is C22H16N2O. The number of aromatic nitrogens is 2. The molecule has 3 aromatic carbocycles. The van der Waals surface area contributed by atoms with Crippen LogP contribution in [-0.4, -0.2) is 16.1 Å². The smallest absolute Gasteiger partial charge is 0.150 e. The van der Waals surface area contributed by atoms with E-state index >= 15 is 0 Å². The molecule has 3 nitrogen and oxygen atoms in total. The number of benzene rings is 3. The van der Waals surface area contributed by atoms with Crippen LogP contribution in [0, 0.1) is 0 Å². The van der Waals surface area contributed by atoms with Crippen molar-refractivity contribution in [1.29, 1.82) is 0 Å². The summed E-state index contributed by atoms with van der Waals surface area (Å²) < 4.78 is 1.92. The van der Waals surface area contributed by atoms with E-state index in [0.717, 1.165) is 34.5 Å². The second-order valence-electron chi connectivity index (χ2n) is 5.77. The van der Waals surface area contributed by atoms with E-state index in [2.05, 4.69) is 30.3 Å². The number of aldehydes is 1. The van der Waals surface area contributed by atoms with Gasteiger partial charge in [-0.15, -0.1) is 0 Å². The van der Waals surface area contributed by atoms with E-state index in [9.17, 15) is 4.79 Å². The van der Waals surface area contributed by atoms with Gasteiger partial charge in [-0.3, -0.25) is 4.79 Å². The average Bonchev–Trinajstić information content (AvgIpc) is 3.15. The second kappa shape index (κ2) is 6.57. The van der Waals surface area contributed by atoms with Crippen LogP contribution in [0.2, 0.25) is 0 Å². The highest BCUT2D eigenvalue weighted by atomic mass is 16.1. The van der Waals surface area contributed by atoms with Gasteiger partial charge in [-0.1, -0.05) is 60.7 Å². The zero-order valence-electron chi connectivity index (χ0n) is 13.5. The van der Waals surface area contributed by atoms with E-state index in [4.69, 9.17) is 5.10 Å². The zero-order valence-corrected chi connectivity index (χ0v) is 13.5. The van der Waals surface area contributed by atoms with Crippen LogP contribution in [-0.2, 0) is 0 Å². The first-order chi connectivity index (χ1) is 12.3. The lowest BCUT2D eigenvalue weighted by molar-refractivity contribution is 0.112. The van der Waals surface area contributed by atoms with E-state index in [1.165, 1.54) is 0 Å². The number of hydrogen-bond acceptors (Lipinski definition) is 2. The van der Waals surface area contributed by atoms with Crippen LogP contribution in [0.4, 0.5) is 0 Å². The Labute approximate surface area is 146 Å². The lowest BCUT2D eigenvalue weighted by Gasteiger charge is -2.07. The third kappa shape index (κ3) is 3.00. The molecule has 0 aliphatic carbocycles. The summed E-state index contributed by atoms with van der Waals surface area (Å²) in [6.07, 6.45) is 0.848. The Bertz CT molecular complexity index is 987. The SMILES string of the molecule is O=Cc1ccc(-n2nc(-c3ccccc3)cc2-c2ccccc2)cc1. The highest BCUT2D eigenvalue weighted by molar-refractivity contribution is 5.75. The summed E-state index contributed by atoms with van der Waals surface area (Å²) in [4.78, 5) is 10.9. The predicted molar refractivity (Wildman–Crippen MR) is 99.8 cm³/mol. The lowest BCUT2D eigenvalue weighted by Crippen LogP contribution is -1.99. The highest BCUT2D eigenvalue weighted by Crippen LogP contribution is 2.28. The molecule has 0 bridgehead atoms. The minimum atomic E-state index is 0.653. The molecular weight excluding hydrogens is 308 g/mol. The van der Waals surface area contributed by atoms with Crippen molar-refractivity contribution in [2.75, 3.05) is 0 Å². The van der Waals surface area contributed by atoms with Gasteiger partial charge in [0, 0.05) is 16.7 Å². The maximum absolute atomic E-state index is 10.9. The molecule has 0 N–H and O–H groups in total. The Hall–Kier alpha value is -3.46. The summed E-state index contributed by atoms with van der Waals surface area (Å²) in [5.41, 5.74) is 5.67. The van der Waals surface area contributed by atoms with E-state index in [-0.39, 0.29) is 0 Å². The van der Waals surface area contributed by atoms with Gasteiger partial charge in [-0.05, 0) is 30.3 Å². The molecule has 1 aromatic heterocycles. The molecule has 0 saturated heterocycles. The zero-order chi connectivity index (χ0) is 17.1. The van der Waals surface area contributed by atoms with Gasteiger partial charge in [0.2, 0.25) is 0 Å². The summed E-state index contributed by atoms with van der Waals surface area (Å²) in [6, 6.07) is 29.8. The van der Waals surface area contributed by atoms with Crippen LogP contribution in [0.3, 0.4) is 0 Å². The lowest BCUT2D eigenvalue weighted by atomic mass is 10.1. The Morgan fingerprint density at radius 2 is 1.32 bits per heavy atom. The van der Waals surface area contributed by atoms with Crippen molar-refractivity contribution >= 4 is 6.29 Å². The minimum absolute atomic E-state index is 0.653. The third-order valence-corrected chi connectivity index (χ3v) is 4.12. The monoisotopic (exact) mass is 324 g/mol. The van der Waals surface area contributed by atoms with Gasteiger partial charge in [-0.2, -0.15) is 5.10 Å². The number of nitrogens with zero attached hydrogens (tertiary/aromatic N) is 2. The predicted octanol–water partition coefficient (Wildman–Crippen LogP) is 5.02. The van der Waals surface area contributed by atoms with Crippen LogP contribution >= 0.6 is 0 Å². The van der Waals surface area contributed by atoms with Gasteiger partial charge < -0.3 is 0 Å². The summed E-state index contributed by atoms with van der Waals surface area (Å²) in [5.74, 6) is 0. The molecule has 1 heterocycles. The molecule has 0 amide bonds. The highest BCUT2D eigenvalue weighted by Gasteiger charge is 2.12. The number of carbonyl (C=O) groups is 1. The van der Waals surface area contributed by atoms with Crippen LogP contribution in [0.1, 0.15) is 10.4 Å². The largest absolute Gasteiger partial charge is 0.298 e. The third-order valence-electron chi connectivity index (χ3n) is 4.12. The molecule has 0 unspecified atom stereocenters. The van der Waals surface area contributed by atoms with Gasteiger partial charge in [0.05, 0.1) is 17.1 Å². The van der Waals surface area contributed by atoms with Gasteiger partial charge >= 0.3 is 0 Å². The summed E-state index contributed by atoms with van der Waals surface area (Å²) in [5, 5.41) is 4.81. The molecule has 0 spiro atoms. The van der Waals surface area contributed by atoms with Crippen LogP contribution in [0.5, 0.6) is 0 Å². The Kier molecular flexibility index (Phi) is 3.97. The molecule has 4 aromatic rings. The summed E-state index contributed by atoms with van der Waals surface area (Å²) in [7, 11) is 0. The number of hydrogen-bond donors (Lipinski definition) is 0. The first-order valence-electron chi connectivity index (χ1n) is 8.12. The molecule has 3 heteroatoms. The molecule has 25 heavy (non-hydrogen) atoms. The van der Waals surface area contributed by atoms with Gasteiger partial charge in [-0.25, -0.2) is 4.68 Å². The quantitative estimate of drug-likeness (QED) is 0.494. The molecule has 0 radical (unpaired) electrons. The van der Waals surface area contributed by atoms with Gasteiger partial charge in [0.25, 0.3) is 0 Å². The normalized spacial score (nSPS) is 10.6. The second-order valence-corrected chi connectivity index (χ2v) is 5.77. The molecule has 0 fully saturated rings. The Morgan fingerprint density at radius 3 is 1.92 bits per heavy atom. The maximum atomic E-state index is 10.9. The molecule has 0 aliphatic rings. The first kappa shape index (κ1) is 15.1. The van der Waals surface area contributed by atoms with E-state index in [1.807, 2.05) is 53.2 Å². The van der Waals surface area contributed by atoms with Crippen molar-refractivity contribution in [2.24, 2.45) is 0 Å². The van der Waals surface area contributed by atoms with Crippen molar-refractivity contribution < 1.29 is 4.79 Å². The van der Waals surface area contributed by atoms with Crippen molar-refractivity contribution in [3.05, 3.63) is 96.6 Å². The average molecular weight is 324 g/mol. The van der Waals surface area contributed by atoms with Gasteiger partial charge in [0.15, 0.2) is 0 Å². The number of carbonyl (C=O) groups excluding carboxylic acids is 1. The minimum Gasteiger partial charge on any atom is -0.298 e. The van der Waals surface area contributed by atoms with Crippen molar-refractivity contribution in [3.63, 3.8) is 0 Å². The van der Waals surface area contributed by atoms with Crippen molar-refractivity contribution in [1.82, 2.24) is 9.78 Å². The molecule has 0 aliphatic heterocycles. The van der Waals surface area contributed by atoms with Gasteiger partial charge in [0.1, 0.15) is 6.29 Å². The molecule has 4 rings (SSSR count). The number of rotatable bonds is 4. The van der Waals surface area contributed by atoms with Crippen molar-refractivity contribution in [2.45, 2.75) is 0 Å². The Balaban J connectivity index is 1.88. The summed E-state index contributed by atoms with van der Waals surface area (Å²) >= 11 is 0. The van der Waals surface area contributed by atoms with E-state index in [1.54, 1.807) is 12.1 Å². The maximum Gasteiger partial charge on any atom is 0.150 e. The first-order valence-corrected chi connectivity index (χ1v) is 8.12. The molecule has 0 saturated carbocycles. The standard InChI is InChI=1S/C22H16N2O/c25-16-17-11-13-20(14-12-17)24-22(19-9-5-2-6-10-19)15-21(23-24)18-7-3-1-4-8-18/h1-16H. The van der Waals surface area contributed by atoms with Crippen LogP contribution < -0.4 is 0 Å². The fourth-order valence-electron chi connectivity index (χ4n) is 2.84. The van der Waals surface area contributed by atoms with E-state index < -0.39 is 0 Å². The fourth-order valence-corrected chi connectivity index (χ4v) is 2.84. The van der Waals surface area contributed by atoms with E-state index in [0.29, 0.717) is 5.56 Å². The summed E-state index contributed by atoms with van der Waals surface area (Å²) in [6.45, 7) is 0. The van der Waals surface area contributed by atoms with Crippen LogP contribution in [0.25, 0.3) is 28.2 Å². The Morgan fingerprint density at radius 1 is 0.720 bits per heavy atom. The molecule has 120 valence electrons. The van der Waals surface area contributed by atoms with Crippen LogP contribution in [0.15, 0.2) is 91.0 Å². The molecule has 0 atom stereocenters. The van der Waals surface area contributed by atoms with Crippen molar-refractivity contribution in [3.8, 4) is 28.2 Å². The topological polar surface area (TPSA) is 34.9 Å². The fraction of sp³-hybridized carbons (Fsp3) is 0.